The van der Waals surface area contributed by atoms with Gasteiger partial charge in [-0.3, -0.25) is 0 Å². The van der Waals surface area contributed by atoms with Crippen molar-refractivity contribution in [3.63, 3.8) is 0 Å². The van der Waals surface area contributed by atoms with Crippen molar-refractivity contribution in [2.45, 2.75) is 26.9 Å². The van der Waals surface area contributed by atoms with Crippen LogP contribution in [0.1, 0.15) is 25.0 Å². The Kier molecular flexibility index (Phi) is 6.18. The number of carbonyl (C=O) groups is 1. The highest BCUT2D eigenvalue weighted by atomic mass is 19.4. The number of hydrogen-bond donors (Lipinski definition) is 2. The summed E-state index contributed by atoms with van der Waals surface area (Å²) in [4.78, 5) is 11.9. The summed E-state index contributed by atoms with van der Waals surface area (Å²) in [7, 11) is 0. The summed E-state index contributed by atoms with van der Waals surface area (Å²) in [5.74, 6) is 0. The highest BCUT2D eigenvalue weighted by molar-refractivity contribution is 5.90. The molecule has 0 aliphatic rings. The Balaban J connectivity index is 2.84. The molecular weight excluding hydrogens is 305 g/mol. The van der Waals surface area contributed by atoms with Gasteiger partial charge in [-0.1, -0.05) is 30.4 Å². The smallest absolute Gasteiger partial charge is 0.308 e. The summed E-state index contributed by atoms with van der Waals surface area (Å²) in [5, 5.41) is 4.93. The van der Waals surface area contributed by atoms with Crippen molar-refractivity contribution in [1.82, 2.24) is 5.32 Å². The van der Waals surface area contributed by atoms with Gasteiger partial charge in [-0.15, -0.1) is 0 Å². The number of carbonyl (C=O) groups excluding carboxylic acids is 1. The van der Waals surface area contributed by atoms with Gasteiger partial charge < -0.3 is 10.6 Å². The Hall–Kier alpha value is -2.50. The number of amides is 2. The van der Waals surface area contributed by atoms with Crippen LogP contribution in [0.4, 0.5) is 23.7 Å². The second-order valence-corrected chi connectivity index (χ2v) is 5.03. The molecule has 0 saturated heterocycles. The maximum Gasteiger partial charge on any atom is 0.416 e. The molecule has 2 amide bonds. The molecular formula is C17H19F3N2O. The van der Waals surface area contributed by atoms with Crippen molar-refractivity contribution >= 4 is 11.7 Å². The molecule has 0 spiro atoms. The van der Waals surface area contributed by atoms with Crippen LogP contribution in [-0.4, -0.2) is 6.03 Å². The number of rotatable bonds is 4. The Morgan fingerprint density at radius 1 is 1.26 bits per heavy atom. The van der Waals surface area contributed by atoms with Crippen molar-refractivity contribution in [2.75, 3.05) is 5.32 Å². The summed E-state index contributed by atoms with van der Waals surface area (Å²) < 4.78 is 38.6. The number of nitrogens with one attached hydrogen (secondary N) is 2. The van der Waals surface area contributed by atoms with E-state index in [1.807, 2.05) is 0 Å². The third kappa shape index (κ3) is 6.02. The van der Waals surface area contributed by atoms with Gasteiger partial charge in [0.15, 0.2) is 0 Å². The van der Waals surface area contributed by atoms with Gasteiger partial charge in [0, 0.05) is 11.4 Å². The lowest BCUT2D eigenvalue weighted by Gasteiger charge is -2.13. The largest absolute Gasteiger partial charge is 0.416 e. The SMILES string of the molecule is C=C(C)/C=C\C(=C/C)NC(=O)Nc1ccc(C)c(C(F)(F)F)c1. The first-order valence-electron chi connectivity index (χ1n) is 6.89. The maximum absolute atomic E-state index is 12.9. The van der Waals surface area contributed by atoms with Crippen LogP contribution in [0.5, 0.6) is 0 Å². The number of urea groups is 1. The summed E-state index contributed by atoms with van der Waals surface area (Å²) >= 11 is 0. The van der Waals surface area contributed by atoms with E-state index in [0.29, 0.717) is 5.70 Å². The van der Waals surface area contributed by atoms with E-state index < -0.39 is 17.8 Å². The Bertz CT molecular complexity index is 658. The standard InChI is InChI=1S/C17H19F3N2O/c1-5-13(8-6-11(2)3)21-16(23)22-14-9-7-12(4)15(10-14)17(18,19)20/h5-10H,2H2,1,3-4H3,(H2,21,22,23)/b8-6-,13-5+. The van der Waals surface area contributed by atoms with Gasteiger partial charge in [0.1, 0.15) is 0 Å². The van der Waals surface area contributed by atoms with Gasteiger partial charge in [0.05, 0.1) is 5.56 Å². The molecule has 124 valence electrons. The normalized spacial score (nSPS) is 12.3. The van der Waals surface area contributed by atoms with Gasteiger partial charge in [0.2, 0.25) is 0 Å². The van der Waals surface area contributed by atoms with Crippen molar-refractivity contribution in [3.05, 3.63) is 65.4 Å². The molecule has 1 aromatic carbocycles. The van der Waals surface area contributed by atoms with Crippen LogP contribution >= 0.6 is 0 Å². The molecule has 0 radical (unpaired) electrons. The number of anilines is 1. The number of allylic oxidation sites excluding steroid dienone is 4. The Morgan fingerprint density at radius 3 is 2.43 bits per heavy atom. The van der Waals surface area contributed by atoms with Crippen molar-refractivity contribution < 1.29 is 18.0 Å². The molecule has 0 aromatic heterocycles. The first kappa shape index (κ1) is 18.5. The molecule has 2 N–H and O–H groups in total. The highest BCUT2D eigenvalue weighted by Gasteiger charge is 2.32. The molecule has 0 fully saturated rings. The predicted octanol–water partition coefficient (Wildman–Crippen LogP) is 5.17. The average molecular weight is 324 g/mol. The lowest BCUT2D eigenvalue weighted by molar-refractivity contribution is -0.138. The molecule has 1 rings (SSSR count). The molecule has 0 heterocycles. The fraction of sp³-hybridized carbons (Fsp3) is 0.235. The predicted molar refractivity (Wildman–Crippen MR) is 86.0 cm³/mol. The topological polar surface area (TPSA) is 41.1 Å². The first-order valence-corrected chi connectivity index (χ1v) is 6.89. The molecule has 0 aliphatic heterocycles. The number of halogens is 3. The van der Waals surface area contributed by atoms with Crippen LogP contribution in [0.2, 0.25) is 0 Å². The summed E-state index contributed by atoms with van der Waals surface area (Å²) in [6, 6.07) is 3.02. The second kappa shape index (κ2) is 7.67. The fourth-order valence-corrected chi connectivity index (χ4v) is 1.74. The van der Waals surface area contributed by atoms with E-state index in [2.05, 4.69) is 17.2 Å². The number of hydrogen-bond acceptors (Lipinski definition) is 1. The van der Waals surface area contributed by atoms with Crippen molar-refractivity contribution in [1.29, 1.82) is 0 Å². The number of aryl methyl sites for hydroxylation is 1. The molecule has 23 heavy (non-hydrogen) atoms. The minimum atomic E-state index is -4.46. The van der Waals surface area contributed by atoms with E-state index in [1.165, 1.54) is 19.1 Å². The monoisotopic (exact) mass is 324 g/mol. The van der Waals surface area contributed by atoms with Gasteiger partial charge in [-0.25, -0.2) is 4.79 Å². The van der Waals surface area contributed by atoms with Crippen molar-refractivity contribution in [2.24, 2.45) is 0 Å². The zero-order valence-corrected chi connectivity index (χ0v) is 13.2. The molecule has 6 heteroatoms. The van der Waals surface area contributed by atoms with Crippen molar-refractivity contribution in [3.8, 4) is 0 Å². The van der Waals surface area contributed by atoms with E-state index in [9.17, 15) is 18.0 Å². The quantitative estimate of drug-likeness (QED) is 0.737. The van der Waals surface area contributed by atoms with E-state index in [1.54, 1.807) is 32.1 Å². The molecule has 0 bridgehead atoms. The average Bonchev–Trinajstić information content (AvgIpc) is 2.44. The summed E-state index contributed by atoms with van der Waals surface area (Å²) in [6.45, 7) is 8.60. The van der Waals surface area contributed by atoms with Crippen LogP contribution in [0.3, 0.4) is 0 Å². The summed E-state index contributed by atoms with van der Waals surface area (Å²) in [6.07, 6.45) is 0.563. The minimum absolute atomic E-state index is 0.0692. The van der Waals surface area contributed by atoms with E-state index >= 15 is 0 Å². The highest BCUT2D eigenvalue weighted by Crippen LogP contribution is 2.33. The third-order valence-corrected chi connectivity index (χ3v) is 2.92. The lowest BCUT2D eigenvalue weighted by Crippen LogP contribution is -2.27. The Labute approximate surface area is 133 Å². The van der Waals surface area contributed by atoms with Gasteiger partial charge >= 0.3 is 12.2 Å². The molecule has 1 aromatic rings. The lowest BCUT2D eigenvalue weighted by atomic mass is 10.1. The van der Waals surface area contributed by atoms with Crippen LogP contribution in [0.15, 0.2) is 54.3 Å². The molecule has 0 saturated carbocycles. The van der Waals surface area contributed by atoms with Crippen LogP contribution in [-0.2, 0) is 6.18 Å². The summed E-state index contributed by atoms with van der Waals surface area (Å²) in [5.41, 5.74) is 0.707. The number of benzene rings is 1. The maximum atomic E-state index is 12.9. The van der Waals surface area contributed by atoms with E-state index in [-0.39, 0.29) is 11.3 Å². The first-order chi connectivity index (χ1) is 10.6. The third-order valence-electron chi connectivity index (χ3n) is 2.92. The molecule has 0 atom stereocenters. The number of alkyl halides is 3. The Morgan fingerprint density at radius 2 is 1.91 bits per heavy atom. The van der Waals surface area contributed by atoms with Gasteiger partial charge in [-0.05, 0) is 44.5 Å². The van der Waals surface area contributed by atoms with E-state index in [4.69, 9.17) is 0 Å². The van der Waals surface area contributed by atoms with E-state index in [0.717, 1.165) is 11.6 Å². The molecule has 0 aliphatic carbocycles. The zero-order valence-electron chi connectivity index (χ0n) is 13.2. The zero-order chi connectivity index (χ0) is 17.6. The molecule has 0 unspecified atom stereocenters. The van der Waals surface area contributed by atoms with Crippen LogP contribution < -0.4 is 10.6 Å². The molecule has 3 nitrogen and oxygen atoms in total. The van der Waals surface area contributed by atoms with Gasteiger partial charge in [0.25, 0.3) is 0 Å². The fourth-order valence-electron chi connectivity index (χ4n) is 1.74. The van der Waals surface area contributed by atoms with Crippen LogP contribution in [0.25, 0.3) is 0 Å². The van der Waals surface area contributed by atoms with Crippen LogP contribution in [0, 0.1) is 6.92 Å². The minimum Gasteiger partial charge on any atom is -0.308 e. The van der Waals surface area contributed by atoms with Gasteiger partial charge in [-0.2, -0.15) is 13.2 Å². The second-order valence-electron chi connectivity index (χ2n) is 5.03.